The van der Waals surface area contributed by atoms with Crippen LogP contribution in [0.1, 0.15) is 5.56 Å². The van der Waals surface area contributed by atoms with Gasteiger partial charge in [0, 0.05) is 31.1 Å². The first-order valence-electron chi connectivity index (χ1n) is 9.42. The molecule has 0 unspecified atom stereocenters. The SMILES string of the molecule is Cc1cc(F)c(N2CCN(S(=O)(=O)C(F)(F)C(F)(F)C(F)(F)C(F)(F)F)CC2)cc1SCC(F)(F)F. The summed E-state index contributed by atoms with van der Waals surface area (Å²) in [6.07, 6.45) is -11.8. The molecule has 0 N–H and O–H groups in total. The van der Waals surface area contributed by atoms with E-state index >= 15 is 0 Å². The number of anilines is 1. The van der Waals surface area contributed by atoms with E-state index in [0.717, 1.165) is 17.0 Å². The fourth-order valence-electron chi connectivity index (χ4n) is 3.05. The number of benzene rings is 1. The summed E-state index contributed by atoms with van der Waals surface area (Å²) in [6, 6.07) is 1.79. The van der Waals surface area contributed by atoms with Gasteiger partial charge in [0.05, 0.1) is 11.4 Å². The highest BCUT2D eigenvalue weighted by Gasteiger charge is 2.85. The Morgan fingerprint density at radius 2 is 1.33 bits per heavy atom. The highest BCUT2D eigenvalue weighted by atomic mass is 32.2. The standard InChI is InChI=1S/C17H15F13N2O2S2/c1-9-6-10(18)11(7-12(9)35-8-13(19,20)21)31-2-4-32(5-3-31)36(33,34)17(29,30)15(24,25)14(22,23)16(26,27)28/h6-7H,2-5,8H2,1H3. The van der Waals surface area contributed by atoms with Crippen LogP contribution in [-0.2, 0) is 10.0 Å². The number of thioether (sulfide) groups is 1. The lowest BCUT2D eigenvalue weighted by atomic mass is 10.1. The average molecular weight is 590 g/mol. The first-order chi connectivity index (χ1) is 16.0. The van der Waals surface area contributed by atoms with Gasteiger partial charge in [-0.1, -0.05) is 0 Å². The van der Waals surface area contributed by atoms with Crippen LogP contribution >= 0.6 is 11.8 Å². The van der Waals surface area contributed by atoms with Crippen LogP contribution in [0.3, 0.4) is 0 Å². The van der Waals surface area contributed by atoms with Gasteiger partial charge in [0.2, 0.25) is 0 Å². The van der Waals surface area contributed by atoms with E-state index in [-0.39, 0.29) is 22.2 Å². The Kier molecular flexibility index (Phi) is 8.15. The molecule has 0 aromatic heterocycles. The first-order valence-corrected chi connectivity index (χ1v) is 11.8. The number of halogens is 13. The number of aryl methyl sites for hydroxylation is 1. The van der Waals surface area contributed by atoms with Gasteiger partial charge in [-0.2, -0.15) is 57.0 Å². The van der Waals surface area contributed by atoms with Crippen molar-refractivity contribution in [3.63, 3.8) is 0 Å². The Morgan fingerprint density at radius 3 is 1.78 bits per heavy atom. The van der Waals surface area contributed by atoms with Gasteiger partial charge in [-0.15, -0.1) is 11.8 Å². The van der Waals surface area contributed by atoms with Crippen molar-refractivity contribution in [3.8, 4) is 0 Å². The zero-order valence-electron chi connectivity index (χ0n) is 17.6. The molecule has 1 aliphatic heterocycles. The average Bonchev–Trinajstić information content (AvgIpc) is 2.71. The van der Waals surface area contributed by atoms with Crippen LogP contribution in [0.5, 0.6) is 0 Å². The van der Waals surface area contributed by atoms with Crippen LogP contribution in [0.4, 0.5) is 62.8 Å². The third-order valence-corrected chi connectivity index (χ3v) is 8.17. The summed E-state index contributed by atoms with van der Waals surface area (Å²) in [6.45, 7) is -2.51. The van der Waals surface area contributed by atoms with Crippen molar-refractivity contribution >= 4 is 27.5 Å². The topological polar surface area (TPSA) is 40.6 Å². The van der Waals surface area contributed by atoms with Crippen molar-refractivity contribution in [2.45, 2.75) is 41.3 Å². The number of rotatable bonds is 7. The van der Waals surface area contributed by atoms with Crippen molar-refractivity contribution in [1.82, 2.24) is 4.31 Å². The molecule has 208 valence electrons. The molecular formula is C17H15F13N2O2S2. The maximum Gasteiger partial charge on any atom is 0.460 e. The molecule has 0 aliphatic carbocycles. The Bertz CT molecular complexity index is 1060. The van der Waals surface area contributed by atoms with Gasteiger partial charge < -0.3 is 4.90 Å². The molecule has 1 aromatic rings. The minimum Gasteiger partial charge on any atom is -0.366 e. The van der Waals surface area contributed by atoms with Gasteiger partial charge in [0.1, 0.15) is 5.82 Å². The van der Waals surface area contributed by atoms with Crippen molar-refractivity contribution < 1.29 is 65.5 Å². The van der Waals surface area contributed by atoms with Gasteiger partial charge in [-0.05, 0) is 24.6 Å². The molecular weight excluding hydrogens is 575 g/mol. The highest BCUT2D eigenvalue weighted by molar-refractivity contribution is 7.99. The second kappa shape index (κ2) is 9.59. The summed E-state index contributed by atoms with van der Waals surface area (Å²) in [5.74, 6) is -17.2. The second-order valence-corrected chi connectivity index (χ2v) is 10.5. The molecule has 0 saturated carbocycles. The zero-order valence-corrected chi connectivity index (χ0v) is 19.3. The maximum absolute atomic E-state index is 14.4. The van der Waals surface area contributed by atoms with Crippen molar-refractivity contribution in [3.05, 3.63) is 23.5 Å². The Hall–Kier alpha value is -1.63. The Labute approximate surface area is 199 Å². The van der Waals surface area contributed by atoms with Gasteiger partial charge >= 0.3 is 29.5 Å². The van der Waals surface area contributed by atoms with Gasteiger partial charge in [0.15, 0.2) is 0 Å². The summed E-state index contributed by atoms with van der Waals surface area (Å²) in [5, 5.41) is -6.89. The van der Waals surface area contributed by atoms with E-state index in [2.05, 4.69) is 0 Å². The number of piperazine rings is 1. The molecule has 1 fully saturated rings. The predicted octanol–water partition coefficient (Wildman–Crippen LogP) is 5.67. The first kappa shape index (κ1) is 30.6. The third kappa shape index (κ3) is 5.46. The number of hydrogen-bond acceptors (Lipinski definition) is 4. The second-order valence-electron chi connectivity index (χ2n) is 7.53. The Morgan fingerprint density at radius 1 is 0.833 bits per heavy atom. The Balaban J connectivity index is 2.27. The molecule has 0 spiro atoms. The molecule has 0 atom stereocenters. The quantitative estimate of drug-likeness (QED) is 0.304. The van der Waals surface area contributed by atoms with Crippen LogP contribution in [0.15, 0.2) is 17.0 Å². The predicted molar refractivity (Wildman–Crippen MR) is 102 cm³/mol. The fourth-order valence-corrected chi connectivity index (χ4v) is 5.27. The van der Waals surface area contributed by atoms with Crippen LogP contribution in [0.25, 0.3) is 0 Å². The van der Waals surface area contributed by atoms with Crippen LogP contribution < -0.4 is 4.90 Å². The molecule has 1 heterocycles. The van der Waals surface area contributed by atoms with E-state index < -0.39 is 87.2 Å². The molecule has 0 amide bonds. The van der Waals surface area contributed by atoms with E-state index in [1.807, 2.05) is 0 Å². The molecule has 19 heteroatoms. The van der Waals surface area contributed by atoms with E-state index in [9.17, 15) is 65.5 Å². The van der Waals surface area contributed by atoms with E-state index in [1.165, 1.54) is 6.92 Å². The van der Waals surface area contributed by atoms with Crippen LogP contribution in [0, 0.1) is 12.7 Å². The zero-order chi connectivity index (χ0) is 28.1. The van der Waals surface area contributed by atoms with E-state index in [4.69, 9.17) is 0 Å². The lowest BCUT2D eigenvalue weighted by molar-refractivity contribution is -0.382. The summed E-state index contributed by atoms with van der Waals surface area (Å²) in [4.78, 5) is 0.915. The summed E-state index contributed by atoms with van der Waals surface area (Å²) in [7, 11) is -6.80. The minimum absolute atomic E-state index is 0.0423. The summed E-state index contributed by atoms with van der Waals surface area (Å²) >= 11 is 0.286. The van der Waals surface area contributed by atoms with Crippen molar-refractivity contribution in [2.24, 2.45) is 0 Å². The molecule has 0 bridgehead atoms. The third-order valence-electron chi connectivity index (χ3n) is 4.99. The number of nitrogens with zero attached hydrogens (tertiary/aromatic N) is 2. The monoisotopic (exact) mass is 590 g/mol. The summed E-state index contributed by atoms with van der Waals surface area (Å²) in [5.41, 5.74) is -0.304. The lowest BCUT2D eigenvalue weighted by Gasteiger charge is -2.39. The largest absolute Gasteiger partial charge is 0.460 e. The number of hydrogen-bond donors (Lipinski definition) is 0. The van der Waals surface area contributed by atoms with E-state index in [1.54, 1.807) is 0 Å². The highest BCUT2D eigenvalue weighted by Crippen LogP contribution is 2.55. The van der Waals surface area contributed by atoms with Gasteiger partial charge in [-0.3, -0.25) is 0 Å². The van der Waals surface area contributed by atoms with Crippen LogP contribution in [0.2, 0.25) is 0 Å². The van der Waals surface area contributed by atoms with Gasteiger partial charge in [0.25, 0.3) is 10.0 Å². The van der Waals surface area contributed by atoms with Gasteiger partial charge in [-0.25, -0.2) is 12.8 Å². The number of sulfonamides is 1. The minimum atomic E-state index is -7.41. The van der Waals surface area contributed by atoms with Crippen molar-refractivity contribution in [1.29, 1.82) is 0 Å². The van der Waals surface area contributed by atoms with E-state index in [0.29, 0.717) is 0 Å². The summed E-state index contributed by atoms with van der Waals surface area (Å²) < 4.78 is 194. The molecule has 36 heavy (non-hydrogen) atoms. The smallest absolute Gasteiger partial charge is 0.366 e. The van der Waals surface area contributed by atoms with Crippen molar-refractivity contribution in [2.75, 3.05) is 36.8 Å². The normalized spacial score (nSPS) is 17.6. The maximum atomic E-state index is 14.4. The lowest BCUT2D eigenvalue weighted by Crippen LogP contribution is -2.66. The molecule has 2 rings (SSSR count). The molecule has 4 nitrogen and oxygen atoms in total. The fraction of sp³-hybridized carbons (Fsp3) is 0.647. The molecule has 1 aliphatic rings. The molecule has 1 aromatic carbocycles. The number of alkyl halides is 12. The van der Waals surface area contributed by atoms with Crippen LogP contribution in [-0.4, -0.2) is 74.1 Å². The molecule has 0 radical (unpaired) electrons. The molecule has 1 saturated heterocycles.